The molecule has 80 valence electrons. The zero-order chi connectivity index (χ0) is 11.4. The fraction of sp³-hybridized carbons (Fsp3) is 0.417. The smallest absolute Gasteiger partial charge is 0.125 e. The van der Waals surface area contributed by atoms with Crippen LogP contribution in [0.3, 0.4) is 0 Å². The number of nitrogens with zero attached hydrogens (tertiary/aromatic N) is 1. The number of methoxy groups -OCH3 is 1. The molecule has 0 fully saturated rings. The number of aryl methyl sites for hydroxylation is 1. The maximum absolute atomic E-state index is 8.52. The summed E-state index contributed by atoms with van der Waals surface area (Å²) in [6.07, 6.45) is 0. The summed E-state index contributed by atoms with van der Waals surface area (Å²) < 4.78 is 5.32. The first-order valence-corrected chi connectivity index (χ1v) is 4.87. The van der Waals surface area contributed by atoms with Crippen molar-refractivity contribution in [2.24, 2.45) is 0 Å². The van der Waals surface area contributed by atoms with Crippen LogP contribution >= 0.6 is 0 Å². The van der Waals surface area contributed by atoms with Crippen molar-refractivity contribution < 1.29 is 4.74 Å². The van der Waals surface area contributed by atoms with E-state index in [0.717, 1.165) is 28.1 Å². The quantitative estimate of drug-likeness (QED) is 0.769. The van der Waals surface area contributed by atoms with E-state index in [0.29, 0.717) is 6.54 Å². The summed E-state index contributed by atoms with van der Waals surface area (Å²) in [7, 11) is 1.68. The van der Waals surface area contributed by atoms with Crippen LogP contribution in [0.15, 0.2) is 6.07 Å². The Morgan fingerprint density at radius 2 is 2.00 bits per heavy atom. The number of ether oxygens (including phenoxy) is 1. The van der Waals surface area contributed by atoms with Gasteiger partial charge in [0.15, 0.2) is 0 Å². The molecule has 15 heavy (non-hydrogen) atoms. The van der Waals surface area contributed by atoms with Crippen LogP contribution in [0, 0.1) is 32.1 Å². The molecule has 0 radical (unpaired) electrons. The van der Waals surface area contributed by atoms with Gasteiger partial charge in [0.05, 0.1) is 13.2 Å². The molecule has 3 nitrogen and oxygen atoms in total. The predicted molar refractivity (Wildman–Crippen MR) is 61.3 cm³/mol. The summed E-state index contributed by atoms with van der Waals surface area (Å²) >= 11 is 0. The van der Waals surface area contributed by atoms with Crippen LogP contribution in [0.25, 0.3) is 0 Å². The van der Waals surface area contributed by atoms with Crippen LogP contribution in [-0.2, 0) is 0 Å². The molecule has 1 N–H and O–H groups in total. The molecule has 0 aromatic heterocycles. The first-order valence-electron chi connectivity index (χ1n) is 4.87. The van der Waals surface area contributed by atoms with Crippen molar-refractivity contribution in [3.8, 4) is 11.8 Å². The molecule has 0 atom stereocenters. The van der Waals surface area contributed by atoms with Crippen molar-refractivity contribution in [1.82, 2.24) is 0 Å². The molecule has 0 spiro atoms. The van der Waals surface area contributed by atoms with Crippen LogP contribution in [0.2, 0.25) is 0 Å². The number of nitriles is 1. The normalized spacial score (nSPS) is 9.53. The van der Waals surface area contributed by atoms with Gasteiger partial charge in [-0.15, -0.1) is 0 Å². The molecule has 1 aromatic rings. The van der Waals surface area contributed by atoms with E-state index < -0.39 is 0 Å². The van der Waals surface area contributed by atoms with Crippen LogP contribution in [0.4, 0.5) is 5.69 Å². The number of anilines is 1. The van der Waals surface area contributed by atoms with Crippen molar-refractivity contribution >= 4 is 5.69 Å². The summed E-state index contributed by atoms with van der Waals surface area (Å²) in [6, 6.07) is 4.08. The van der Waals surface area contributed by atoms with Gasteiger partial charge in [0.25, 0.3) is 0 Å². The molecule has 1 aromatic carbocycles. The van der Waals surface area contributed by atoms with Crippen LogP contribution in [0.5, 0.6) is 5.75 Å². The van der Waals surface area contributed by atoms with Gasteiger partial charge in [-0.05, 0) is 43.5 Å². The summed E-state index contributed by atoms with van der Waals surface area (Å²) in [6.45, 7) is 6.38. The minimum atomic E-state index is 0.325. The average molecular weight is 204 g/mol. The highest BCUT2D eigenvalue weighted by molar-refractivity contribution is 5.61. The van der Waals surface area contributed by atoms with E-state index in [9.17, 15) is 0 Å². The summed E-state index contributed by atoms with van der Waals surface area (Å²) in [5.74, 6) is 0.926. The van der Waals surface area contributed by atoms with Crippen LogP contribution in [-0.4, -0.2) is 13.7 Å². The van der Waals surface area contributed by atoms with Gasteiger partial charge in [-0.1, -0.05) is 0 Å². The predicted octanol–water partition coefficient (Wildman–Crippen LogP) is 2.56. The van der Waals surface area contributed by atoms with Gasteiger partial charge in [0.2, 0.25) is 0 Å². The zero-order valence-electron chi connectivity index (χ0n) is 9.64. The molecular weight excluding hydrogens is 188 g/mol. The highest BCUT2D eigenvalue weighted by Crippen LogP contribution is 2.31. The molecule has 0 saturated carbocycles. The lowest BCUT2D eigenvalue weighted by atomic mass is 10.0. The maximum Gasteiger partial charge on any atom is 0.125 e. The standard InChI is InChI=1S/C12H16N2O/c1-8-7-11(14-6-5-13)9(2)10(3)12(8)15-4/h7,14H,6H2,1-4H3. The van der Waals surface area contributed by atoms with Gasteiger partial charge >= 0.3 is 0 Å². The Bertz CT molecular complexity index is 405. The lowest BCUT2D eigenvalue weighted by molar-refractivity contribution is 0.408. The number of benzene rings is 1. The molecule has 0 aliphatic rings. The highest BCUT2D eigenvalue weighted by atomic mass is 16.5. The third-order valence-electron chi connectivity index (χ3n) is 2.59. The minimum Gasteiger partial charge on any atom is -0.496 e. The molecule has 0 saturated heterocycles. The van der Waals surface area contributed by atoms with E-state index in [-0.39, 0.29) is 0 Å². The van der Waals surface area contributed by atoms with Crippen molar-refractivity contribution in [3.63, 3.8) is 0 Å². The Hall–Kier alpha value is -1.69. The van der Waals surface area contributed by atoms with Crippen LogP contribution < -0.4 is 10.1 Å². The van der Waals surface area contributed by atoms with Crippen LogP contribution in [0.1, 0.15) is 16.7 Å². The van der Waals surface area contributed by atoms with E-state index in [1.54, 1.807) is 7.11 Å². The lowest BCUT2D eigenvalue weighted by Crippen LogP contribution is -2.03. The summed E-state index contributed by atoms with van der Waals surface area (Å²) in [5, 5.41) is 11.6. The molecular formula is C12H16N2O. The second-order valence-corrected chi connectivity index (χ2v) is 3.54. The monoisotopic (exact) mass is 204 g/mol. The molecule has 0 unspecified atom stereocenters. The van der Waals surface area contributed by atoms with Gasteiger partial charge < -0.3 is 10.1 Å². The fourth-order valence-corrected chi connectivity index (χ4v) is 1.69. The number of hydrogen-bond acceptors (Lipinski definition) is 3. The SMILES string of the molecule is COc1c(C)cc(NCC#N)c(C)c1C. The second-order valence-electron chi connectivity index (χ2n) is 3.54. The van der Waals surface area contributed by atoms with Gasteiger partial charge in [-0.2, -0.15) is 5.26 Å². The van der Waals surface area contributed by atoms with E-state index >= 15 is 0 Å². The lowest BCUT2D eigenvalue weighted by Gasteiger charge is -2.15. The molecule has 0 aliphatic heterocycles. The number of nitrogens with one attached hydrogen (secondary N) is 1. The third kappa shape index (κ3) is 2.21. The molecule has 0 bridgehead atoms. The fourth-order valence-electron chi connectivity index (χ4n) is 1.69. The van der Waals surface area contributed by atoms with Gasteiger partial charge in [-0.25, -0.2) is 0 Å². The summed E-state index contributed by atoms with van der Waals surface area (Å²) in [4.78, 5) is 0. The first-order chi connectivity index (χ1) is 7.11. The minimum absolute atomic E-state index is 0.325. The Balaban J connectivity index is 3.17. The molecule has 0 heterocycles. The van der Waals surface area contributed by atoms with E-state index in [4.69, 9.17) is 10.00 Å². The van der Waals surface area contributed by atoms with Crippen molar-refractivity contribution in [1.29, 1.82) is 5.26 Å². The third-order valence-corrected chi connectivity index (χ3v) is 2.59. The topological polar surface area (TPSA) is 45.0 Å². The first kappa shape index (κ1) is 11.4. The Labute approximate surface area is 90.7 Å². The Morgan fingerprint density at radius 3 is 2.53 bits per heavy atom. The highest BCUT2D eigenvalue weighted by Gasteiger charge is 2.09. The molecule has 0 amide bonds. The summed E-state index contributed by atoms with van der Waals surface area (Å²) in [5.41, 5.74) is 4.35. The van der Waals surface area contributed by atoms with Crippen molar-refractivity contribution in [3.05, 3.63) is 22.8 Å². The molecule has 1 rings (SSSR count). The largest absolute Gasteiger partial charge is 0.496 e. The van der Waals surface area contributed by atoms with Gasteiger partial charge in [-0.3, -0.25) is 0 Å². The number of rotatable bonds is 3. The molecule has 3 heteroatoms. The molecule has 0 aliphatic carbocycles. The van der Waals surface area contributed by atoms with E-state index in [2.05, 4.69) is 11.4 Å². The number of hydrogen-bond donors (Lipinski definition) is 1. The van der Waals surface area contributed by atoms with E-state index in [1.807, 2.05) is 26.8 Å². The maximum atomic E-state index is 8.52. The Kier molecular flexibility index (Phi) is 3.56. The van der Waals surface area contributed by atoms with Gasteiger partial charge in [0, 0.05) is 5.69 Å². The van der Waals surface area contributed by atoms with E-state index in [1.165, 1.54) is 0 Å². The van der Waals surface area contributed by atoms with Gasteiger partial charge in [0.1, 0.15) is 12.3 Å². The zero-order valence-corrected chi connectivity index (χ0v) is 9.64. The average Bonchev–Trinajstić information content (AvgIpc) is 2.22. The Morgan fingerprint density at radius 1 is 1.33 bits per heavy atom. The van der Waals surface area contributed by atoms with Crippen molar-refractivity contribution in [2.75, 3.05) is 19.0 Å². The van der Waals surface area contributed by atoms with Crippen molar-refractivity contribution in [2.45, 2.75) is 20.8 Å². The second kappa shape index (κ2) is 4.70.